The number of para-hydroxylation sites is 3. The summed E-state index contributed by atoms with van der Waals surface area (Å²) >= 11 is 6.11. The lowest BCUT2D eigenvalue weighted by Gasteiger charge is -2.60. The minimum Gasteiger partial charge on any atom is -0.506 e. The topological polar surface area (TPSA) is 50.8 Å². The average molecular weight is 453 g/mol. The molecule has 7 rings (SSSR count). The van der Waals surface area contributed by atoms with Gasteiger partial charge in [-0.2, -0.15) is 0 Å². The number of benzene rings is 4. The molecule has 0 aromatic heterocycles. The van der Waals surface area contributed by atoms with E-state index in [4.69, 9.17) is 11.6 Å². The molecule has 0 radical (unpaired) electrons. The normalized spacial score (nSPS) is 21.4. The third kappa shape index (κ3) is 2.60. The number of nitrogens with one attached hydrogen (secondary N) is 2. The van der Waals surface area contributed by atoms with Crippen LogP contribution in [-0.2, 0) is 0 Å². The number of phenolic OH excluding ortho intramolecular Hbond substituents is 1. The Morgan fingerprint density at radius 3 is 2.21 bits per heavy atom. The summed E-state index contributed by atoms with van der Waals surface area (Å²) in [4.78, 5) is 4.90. The summed E-state index contributed by atoms with van der Waals surface area (Å²) in [5.41, 5.74) is 7.75. The number of aromatic hydroxyl groups is 1. The minimum absolute atomic E-state index is 0.00388. The molecular formula is C27H21ClN4O. The molecule has 3 atom stereocenters. The van der Waals surface area contributed by atoms with Crippen LogP contribution in [0.5, 0.6) is 5.75 Å². The van der Waals surface area contributed by atoms with E-state index in [-0.39, 0.29) is 24.2 Å². The second-order valence-electron chi connectivity index (χ2n) is 8.65. The molecule has 0 aliphatic carbocycles. The van der Waals surface area contributed by atoms with Crippen LogP contribution in [0.1, 0.15) is 35.2 Å². The second kappa shape index (κ2) is 6.83. The number of anilines is 4. The predicted octanol–water partition coefficient (Wildman–Crippen LogP) is 6.62. The van der Waals surface area contributed by atoms with E-state index >= 15 is 0 Å². The van der Waals surface area contributed by atoms with Crippen molar-refractivity contribution >= 4 is 34.4 Å². The summed E-state index contributed by atoms with van der Waals surface area (Å²) < 4.78 is 0. The summed E-state index contributed by atoms with van der Waals surface area (Å²) in [6.45, 7) is 0. The van der Waals surface area contributed by atoms with E-state index in [0.29, 0.717) is 10.7 Å². The first-order valence-corrected chi connectivity index (χ1v) is 11.4. The summed E-state index contributed by atoms with van der Waals surface area (Å²) in [5.74, 6) is 0.135. The molecule has 33 heavy (non-hydrogen) atoms. The van der Waals surface area contributed by atoms with Crippen LogP contribution in [-0.4, -0.2) is 5.11 Å². The van der Waals surface area contributed by atoms with E-state index in [9.17, 15) is 5.11 Å². The minimum atomic E-state index is -0.192. The first-order chi connectivity index (χ1) is 16.2. The van der Waals surface area contributed by atoms with Crippen molar-refractivity contribution in [3.05, 3.63) is 113 Å². The van der Waals surface area contributed by atoms with Crippen LogP contribution in [0.3, 0.4) is 0 Å². The molecular weight excluding hydrogens is 432 g/mol. The second-order valence-corrected chi connectivity index (χ2v) is 9.08. The van der Waals surface area contributed by atoms with Crippen LogP contribution >= 0.6 is 11.6 Å². The zero-order valence-corrected chi connectivity index (χ0v) is 18.4. The van der Waals surface area contributed by atoms with Crippen LogP contribution in [0.4, 0.5) is 22.7 Å². The van der Waals surface area contributed by atoms with E-state index in [1.165, 1.54) is 22.5 Å². The van der Waals surface area contributed by atoms with E-state index < -0.39 is 0 Å². The first-order valence-electron chi connectivity index (χ1n) is 11.1. The van der Waals surface area contributed by atoms with E-state index in [1.54, 1.807) is 12.1 Å². The molecule has 4 aromatic rings. The Kier molecular flexibility index (Phi) is 3.87. The van der Waals surface area contributed by atoms with E-state index in [1.807, 2.05) is 6.07 Å². The molecule has 0 unspecified atom stereocenters. The van der Waals surface area contributed by atoms with Gasteiger partial charge in [-0.25, -0.2) is 0 Å². The van der Waals surface area contributed by atoms with E-state index in [0.717, 1.165) is 11.3 Å². The van der Waals surface area contributed by atoms with Gasteiger partial charge in [-0.3, -0.25) is 0 Å². The van der Waals surface area contributed by atoms with Gasteiger partial charge in [0, 0.05) is 44.8 Å². The summed E-state index contributed by atoms with van der Waals surface area (Å²) in [6.07, 6.45) is -0.157. The molecule has 0 spiro atoms. The largest absolute Gasteiger partial charge is 0.506 e. The number of nitrogens with zero attached hydrogens (tertiary/aromatic N) is 2. The maximum Gasteiger partial charge on any atom is 0.140 e. The highest BCUT2D eigenvalue weighted by Crippen LogP contribution is 2.58. The van der Waals surface area contributed by atoms with Crippen LogP contribution < -0.4 is 20.4 Å². The Bertz CT molecular complexity index is 1410. The van der Waals surface area contributed by atoms with Crippen molar-refractivity contribution in [1.82, 2.24) is 0 Å². The Balaban J connectivity index is 1.49. The van der Waals surface area contributed by atoms with Gasteiger partial charge < -0.3 is 25.5 Å². The van der Waals surface area contributed by atoms with Gasteiger partial charge in [0.2, 0.25) is 0 Å². The van der Waals surface area contributed by atoms with Crippen LogP contribution in [0.2, 0.25) is 5.02 Å². The molecule has 4 bridgehead atoms. The maximum atomic E-state index is 10.6. The molecule has 3 N–H and O–H groups in total. The molecule has 3 heterocycles. The summed E-state index contributed by atoms with van der Waals surface area (Å²) in [7, 11) is 0. The quantitative estimate of drug-likeness (QED) is 0.298. The zero-order chi connectivity index (χ0) is 22.1. The van der Waals surface area contributed by atoms with Gasteiger partial charge in [0.25, 0.3) is 0 Å². The van der Waals surface area contributed by atoms with Gasteiger partial charge in [-0.15, -0.1) is 0 Å². The molecule has 162 valence electrons. The average Bonchev–Trinajstić information content (AvgIpc) is 2.84. The highest BCUT2D eigenvalue weighted by molar-refractivity contribution is 6.30. The van der Waals surface area contributed by atoms with Crippen molar-refractivity contribution in [2.24, 2.45) is 0 Å². The fraction of sp³-hybridized carbons (Fsp3) is 0.111. The van der Waals surface area contributed by atoms with Crippen LogP contribution in [0, 0.1) is 0 Å². The molecule has 4 aromatic carbocycles. The van der Waals surface area contributed by atoms with Crippen molar-refractivity contribution in [1.29, 1.82) is 0 Å². The number of phenols is 1. The molecule has 3 aliphatic heterocycles. The molecule has 0 saturated heterocycles. The SMILES string of the molecule is Oc1cc(Cl)ccc1N[C@@H]1c2ccccc2N2[C@H]3c4ccccc4N[C@H]2c2ccccc2N31. The molecule has 0 fully saturated rings. The lowest BCUT2D eigenvalue weighted by Crippen LogP contribution is -2.58. The molecule has 5 nitrogen and oxygen atoms in total. The zero-order valence-electron chi connectivity index (χ0n) is 17.6. The fourth-order valence-electron chi connectivity index (χ4n) is 5.53. The number of rotatable bonds is 2. The van der Waals surface area contributed by atoms with Crippen molar-refractivity contribution in [3.8, 4) is 5.75 Å². The number of hydrogen-bond donors (Lipinski definition) is 3. The molecule has 0 saturated carbocycles. The van der Waals surface area contributed by atoms with Crippen LogP contribution in [0.15, 0.2) is 91.0 Å². The molecule has 0 amide bonds. The first kappa shape index (κ1) is 18.7. The number of halogens is 1. The Morgan fingerprint density at radius 1 is 0.758 bits per heavy atom. The summed E-state index contributed by atoms with van der Waals surface area (Å²) in [5, 5.41) is 18.6. The maximum absolute atomic E-state index is 10.6. The molecule has 3 aliphatic rings. The van der Waals surface area contributed by atoms with Crippen molar-refractivity contribution < 1.29 is 5.11 Å². The third-order valence-corrected chi connectivity index (χ3v) is 7.12. The smallest absolute Gasteiger partial charge is 0.140 e. The van der Waals surface area contributed by atoms with Gasteiger partial charge in [0.05, 0.1) is 5.69 Å². The highest BCUT2D eigenvalue weighted by Gasteiger charge is 2.50. The number of hydrogen-bond acceptors (Lipinski definition) is 5. The van der Waals surface area contributed by atoms with Crippen LogP contribution in [0.25, 0.3) is 0 Å². The predicted molar refractivity (Wildman–Crippen MR) is 133 cm³/mol. The monoisotopic (exact) mass is 452 g/mol. The molecule has 6 heteroatoms. The lowest BCUT2D eigenvalue weighted by molar-refractivity contribution is 0.430. The van der Waals surface area contributed by atoms with Gasteiger partial charge in [0.15, 0.2) is 0 Å². The van der Waals surface area contributed by atoms with Crippen molar-refractivity contribution in [2.45, 2.75) is 18.5 Å². The third-order valence-electron chi connectivity index (χ3n) is 6.89. The van der Waals surface area contributed by atoms with Gasteiger partial charge in [0.1, 0.15) is 24.2 Å². The van der Waals surface area contributed by atoms with Gasteiger partial charge >= 0.3 is 0 Å². The van der Waals surface area contributed by atoms with Crippen molar-refractivity contribution in [3.63, 3.8) is 0 Å². The van der Waals surface area contributed by atoms with Gasteiger partial charge in [-0.1, -0.05) is 66.2 Å². The highest BCUT2D eigenvalue weighted by atomic mass is 35.5. The Hall–Kier alpha value is -3.83. The number of fused-ring (bicyclic) bond motifs is 5. The Labute approximate surface area is 196 Å². The van der Waals surface area contributed by atoms with Crippen molar-refractivity contribution in [2.75, 3.05) is 20.4 Å². The fourth-order valence-corrected chi connectivity index (χ4v) is 5.70. The Morgan fingerprint density at radius 2 is 1.42 bits per heavy atom. The summed E-state index contributed by atoms with van der Waals surface area (Å²) in [6, 6.07) is 30.8. The van der Waals surface area contributed by atoms with Gasteiger partial charge in [-0.05, 0) is 30.3 Å². The standard InChI is InChI=1S/C27H21ClN4O/c28-16-13-14-21(24(33)15-16)30-26-19-9-3-6-12-23(19)31-25-18-8-2-5-11-22(18)32(26)27(31)17-7-1-4-10-20(17)29-25/h1-15,25-27,29-30,33H/t25-,26+,27-/m1/s1. The van der Waals surface area contributed by atoms with E-state index in [2.05, 4.69) is 93.2 Å². The lowest BCUT2D eigenvalue weighted by atomic mass is 9.88.